The van der Waals surface area contributed by atoms with E-state index in [0.717, 1.165) is 12.8 Å². The van der Waals surface area contributed by atoms with Crippen molar-refractivity contribution >= 4 is 11.8 Å². The van der Waals surface area contributed by atoms with Crippen molar-refractivity contribution in [2.75, 3.05) is 6.61 Å². The second kappa shape index (κ2) is 7.64. The lowest BCUT2D eigenvalue weighted by Gasteiger charge is -2.13. The molecule has 3 heteroatoms. The van der Waals surface area contributed by atoms with Gasteiger partial charge in [-0.05, 0) is 30.5 Å². The molecule has 0 aromatic heterocycles. The third kappa shape index (κ3) is 4.60. The third-order valence-electron chi connectivity index (χ3n) is 3.49. The molecule has 0 amide bonds. The average molecular weight is 300 g/mol. The number of ether oxygens (including phenoxy) is 2. The molecule has 110 valence electrons. The lowest BCUT2D eigenvalue weighted by molar-refractivity contribution is 0.00275. The van der Waals surface area contributed by atoms with Crippen molar-refractivity contribution in [2.24, 2.45) is 0 Å². The van der Waals surface area contributed by atoms with Crippen LogP contribution in [0, 0.1) is 0 Å². The summed E-state index contributed by atoms with van der Waals surface area (Å²) in [6.45, 7) is 1.35. The van der Waals surface area contributed by atoms with Gasteiger partial charge in [0.25, 0.3) is 0 Å². The zero-order chi connectivity index (χ0) is 14.3. The van der Waals surface area contributed by atoms with Crippen molar-refractivity contribution in [1.29, 1.82) is 0 Å². The Morgan fingerprint density at radius 3 is 2.43 bits per heavy atom. The van der Waals surface area contributed by atoms with Gasteiger partial charge < -0.3 is 9.47 Å². The van der Waals surface area contributed by atoms with Gasteiger partial charge in [0.05, 0.1) is 19.3 Å². The molecule has 21 heavy (non-hydrogen) atoms. The number of hydrogen-bond acceptors (Lipinski definition) is 3. The van der Waals surface area contributed by atoms with E-state index in [2.05, 4.69) is 36.4 Å². The molecule has 1 fully saturated rings. The molecule has 1 heterocycles. The van der Waals surface area contributed by atoms with Crippen LogP contribution < -0.4 is 0 Å². The van der Waals surface area contributed by atoms with Gasteiger partial charge >= 0.3 is 0 Å². The molecule has 2 aromatic carbocycles. The lowest BCUT2D eigenvalue weighted by atomic mass is 10.2. The summed E-state index contributed by atoms with van der Waals surface area (Å²) in [6.07, 6.45) is 2.41. The predicted molar refractivity (Wildman–Crippen MR) is 86.3 cm³/mol. The monoisotopic (exact) mass is 300 g/mol. The van der Waals surface area contributed by atoms with Gasteiger partial charge in [-0.2, -0.15) is 0 Å². The number of hydrogen-bond donors (Lipinski definition) is 0. The average Bonchev–Trinajstić information content (AvgIpc) is 2.97. The van der Waals surface area contributed by atoms with Crippen LogP contribution in [0.4, 0.5) is 0 Å². The van der Waals surface area contributed by atoms with Gasteiger partial charge in [0.2, 0.25) is 0 Å². The van der Waals surface area contributed by atoms with Crippen LogP contribution in [0.25, 0.3) is 0 Å². The van der Waals surface area contributed by atoms with E-state index >= 15 is 0 Å². The quantitative estimate of drug-likeness (QED) is 0.782. The molecule has 0 bridgehead atoms. The van der Waals surface area contributed by atoms with Gasteiger partial charge in [-0.3, -0.25) is 0 Å². The van der Waals surface area contributed by atoms with Gasteiger partial charge in [-0.15, -0.1) is 0 Å². The van der Waals surface area contributed by atoms with E-state index < -0.39 is 0 Å². The second-order valence-electron chi connectivity index (χ2n) is 5.20. The van der Waals surface area contributed by atoms with E-state index in [1.54, 1.807) is 0 Å². The number of thioether (sulfide) groups is 1. The highest BCUT2D eigenvalue weighted by Crippen LogP contribution is 2.33. The largest absolute Gasteiger partial charge is 0.374 e. The van der Waals surface area contributed by atoms with Crippen LogP contribution in [-0.4, -0.2) is 18.1 Å². The summed E-state index contributed by atoms with van der Waals surface area (Å²) in [5, 5.41) is 0. The molecule has 0 unspecified atom stereocenters. The normalized spacial score (nSPS) is 21.5. The summed E-state index contributed by atoms with van der Waals surface area (Å²) >= 11 is 1.81. The van der Waals surface area contributed by atoms with Crippen LogP contribution in [0.2, 0.25) is 0 Å². The summed E-state index contributed by atoms with van der Waals surface area (Å²) in [4.78, 5) is 1.27. The number of rotatable bonds is 6. The SMILES string of the molecule is c1ccc(COC[C@@H]2CC[C@@H](Sc3ccccc3)O2)cc1. The van der Waals surface area contributed by atoms with Crippen molar-refractivity contribution < 1.29 is 9.47 Å². The molecular formula is C18H20O2S. The van der Waals surface area contributed by atoms with Gasteiger partial charge in [-0.25, -0.2) is 0 Å². The molecule has 1 aliphatic heterocycles. The minimum absolute atomic E-state index is 0.231. The Hall–Kier alpha value is -1.29. The first-order chi connectivity index (χ1) is 10.4. The first kappa shape index (κ1) is 14.6. The van der Waals surface area contributed by atoms with Crippen molar-refractivity contribution in [3.05, 3.63) is 66.2 Å². The fraction of sp³-hybridized carbons (Fsp3) is 0.333. The molecule has 0 N–H and O–H groups in total. The maximum absolute atomic E-state index is 6.04. The van der Waals surface area contributed by atoms with Crippen molar-refractivity contribution in [1.82, 2.24) is 0 Å². The van der Waals surface area contributed by atoms with Gasteiger partial charge in [0, 0.05) is 4.90 Å². The molecule has 0 saturated carbocycles. The first-order valence-electron chi connectivity index (χ1n) is 7.39. The molecule has 2 aromatic rings. The molecule has 0 aliphatic carbocycles. The first-order valence-corrected chi connectivity index (χ1v) is 8.27. The van der Waals surface area contributed by atoms with Crippen LogP contribution in [-0.2, 0) is 16.1 Å². The smallest absolute Gasteiger partial charge is 0.108 e. The van der Waals surface area contributed by atoms with Crippen molar-refractivity contribution in [2.45, 2.75) is 35.9 Å². The van der Waals surface area contributed by atoms with Crippen LogP contribution in [0.15, 0.2) is 65.6 Å². The van der Waals surface area contributed by atoms with Gasteiger partial charge in [-0.1, -0.05) is 60.3 Å². The Morgan fingerprint density at radius 1 is 0.952 bits per heavy atom. The maximum Gasteiger partial charge on any atom is 0.108 e. The van der Waals surface area contributed by atoms with Gasteiger partial charge in [0.1, 0.15) is 5.44 Å². The highest BCUT2D eigenvalue weighted by Gasteiger charge is 2.26. The molecule has 2 nitrogen and oxygen atoms in total. The minimum Gasteiger partial charge on any atom is -0.374 e. The fourth-order valence-electron chi connectivity index (χ4n) is 2.42. The summed E-state index contributed by atoms with van der Waals surface area (Å²) < 4.78 is 11.8. The van der Waals surface area contributed by atoms with E-state index in [-0.39, 0.29) is 11.5 Å². The molecule has 3 rings (SSSR count). The topological polar surface area (TPSA) is 18.5 Å². The number of benzene rings is 2. The Kier molecular flexibility index (Phi) is 5.33. The molecule has 0 radical (unpaired) electrons. The zero-order valence-corrected chi connectivity index (χ0v) is 12.8. The van der Waals surface area contributed by atoms with Crippen molar-refractivity contribution in [3.63, 3.8) is 0 Å². The molecule has 1 aliphatic rings. The summed E-state index contributed by atoms with van der Waals surface area (Å²) in [7, 11) is 0. The Balaban J connectivity index is 1.39. The second-order valence-corrected chi connectivity index (χ2v) is 6.43. The highest BCUT2D eigenvalue weighted by molar-refractivity contribution is 7.99. The van der Waals surface area contributed by atoms with E-state index in [1.807, 2.05) is 36.0 Å². The van der Waals surface area contributed by atoms with Crippen molar-refractivity contribution in [3.8, 4) is 0 Å². The highest BCUT2D eigenvalue weighted by atomic mass is 32.2. The lowest BCUT2D eigenvalue weighted by Crippen LogP contribution is -2.15. The van der Waals surface area contributed by atoms with E-state index in [4.69, 9.17) is 9.47 Å². The fourth-order valence-corrected chi connectivity index (χ4v) is 3.50. The minimum atomic E-state index is 0.231. The molecule has 1 saturated heterocycles. The predicted octanol–water partition coefficient (Wildman–Crippen LogP) is 4.50. The van der Waals surface area contributed by atoms with Crippen LogP contribution in [0.1, 0.15) is 18.4 Å². The van der Waals surface area contributed by atoms with E-state index in [0.29, 0.717) is 13.2 Å². The van der Waals surface area contributed by atoms with Crippen LogP contribution in [0.5, 0.6) is 0 Å². The Morgan fingerprint density at radius 2 is 1.67 bits per heavy atom. The van der Waals surface area contributed by atoms with E-state index in [1.165, 1.54) is 10.5 Å². The van der Waals surface area contributed by atoms with Crippen LogP contribution in [0.3, 0.4) is 0 Å². The van der Waals surface area contributed by atoms with E-state index in [9.17, 15) is 0 Å². The van der Waals surface area contributed by atoms with Gasteiger partial charge in [0.15, 0.2) is 0 Å². The maximum atomic E-state index is 6.04. The summed E-state index contributed by atoms with van der Waals surface area (Å²) in [5.74, 6) is 0. The standard InChI is InChI=1S/C18H20O2S/c1-3-7-15(8-4-1)13-19-14-16-11-12-18(20-16)21-17-9-5-2-6-10-17/h1-10,16,18H,11-14H2/t16-,18+/m0/s1. The summed E-state index contributed by atoms with van der Waals surface area (Å²) in [5.41, 5.74) is 1.48. The Bertz CT molecular complexity index is 529. The van der Waals surface area contributed by atoms with Crippen LogP contribution >= 0.6 is 11.8 Å². The Labute approximate surface area is 130 Å². The third-order valence-corrected chi connectivity index (χ3v) is 4.65. The zero-order valence-electron chi connectivity index (χ0n) is 12.0. The summed E-state index contributed by atoms with van der Waals surface area (Å²) in [6, 6.07) is 20.7. The molecular weight excluding hydrogens is 280 g/mol. The molecule has 2 atom stereocenters. The molecule has 0 spiro atoms.